The first-order valence-electron chi connectivity index (χ1n) is 6.53. The van der Waals surface area contributed by atoms with Crippen molar-refractivity contribution in [2.24, 2.45) is 7.05 Å². The highest BCUT2D eigenvalue weighted by atomic mass is 16.5. The molecule has 108 valence electrons. The van der Waals surface area contributed by atoms with Gasteiger partial charge in [0.05, 0.1) is 12.2 Å². The minimum Gasteiger partial charge on any atom is -0.472 e. The summed E-state index contributed by atoms with van der Waals surface area (Å²) in [7, 11) is 1.80. The van der Waals surface area contributed by atoms with Crippen LogP contribution < -0.4 is 4.74 Å². The maximum atomic E-state index is 12.0. The van der Waals surface area contributed by atoms with Gasteiger partial charge >= 0.3 is 5.97 Å². The van der Waals surface area contributed by atoms with E-state index in [0.29, 0.717) is 29.2 Å². The number of rotatable bonds is 5. The van der Waals surface area contributed by atoms with Gasteiger partial charge < -0.3 is 9.47 Å². The summed E-state index contributed by atoms with van der Waals surface area (Å²) >= 11 is 0. The summed E-state index contributed by atoms with van der Waals surface area (Å²) in [5, 5.41) is 4.12. The first kappa shape index (κ1) is 14.7. The molecule has 0 amide bonds. The van der Waals surface area contributed by atoms with Gasteiger partial charge in [0.25, 0.3) is 0 Å². The predicted octanol–water partition coefficient (Wildman–Crippen LogP) is 2.16. The molecule has 0 saturated heterocycles. The van der Waals surface area contributed by atoms with Gasteiger partial charge in [-0.1, -0.05) is 12.0 Å². The molecule has 0 radical (unpaired) electrons. The van der Waals surface area contributed by atoms with Crippen LogP contribution in [-0.2, 0) is 18.4 Å². The zero-order valence-corrected chi connectivity index (χ0v) is 12.0. The molecule has 0 saturated carbocycles. The molecule has 0 aliphatic heterocycles. The van der Waals surface area contributed by atoms with Crippen LogP contribution in [0.2, 0.25) is 0 Å². The third-order valence-corrected chi connectivity index (χ3v) is 2.88. The largest absolute Gasteiger partial charge is 0.472 e. The van der Waals surface area contributed by atoms with Crippen molar-refractivity contribution in [1.82, 2.24) is 9.78 Å². The van der Waals surface area contributed by atoms with Crippen molar-refractivity contribution in [3.63, 3.8) is 0 Å². The van der Waals surface area contributed by atoms with Crippen molar-refractivity contribution < 1.29 is 14.3 Å². The fraction of sp³-hybridized carbons (Fsp3) is 0.250. The second-order valence-electron chi connectivity index (χ2n) is 4.31. The lowest BCUT2D eigenvalue weighted by molar-refractivity contribution is 0.0523. The summed E-state index contributed by atoms with van der Waals surface area (Å²) in [5.74, 6) is 2.62. The van der Waals surface area contributed by atoms with E-state index in [-0.39, 0.29) is 6.61 Å². The second kappa shape index (κ2) is 6.62. The number of carbonyl (C=O) groups excluding carboxylic acids is 1. The van der Waals surface area contributed by atoms with Gasteiger partial charge in [0.1, 0.15) is 6.61 Å². The third-order valence-electron chi connectivity index (χ3n) is 2.88. The molecule has 0 unspecified atom stereocenters. The summed E-state index contributed by atoms with van der Waals surface area (Å²) < 4.78 is 12.3. The molecule has 2 rings (SSSR count). The molecular weight excluding hydrogens is 268 g/mol. The van der Waals surface area contributed by atoms with Crippen molar-refractivity contribution in [3.8, 4) is 18.2 Å². The fourth-order valence-electron chi connectivity index (χ4n) is 1.89. The average Bonchev–Trinajstić information content (AvgIpc) is 2.90. The summed E-state index contributed by atoms with van der Waals surface area (Å²) in [6, 6.07) is 6.91. The van der Waals surface area contributed by atoms with Crippen LogP contribution in [0.5, 0.6) is 5.88 Å². The number of carbonyl (C=O) groups is 1. The number of benzene rings is 1. The van der Waals surface area contributed by atoms with Gasteiger partial charge in [-0.05, 0) is 19.1 Å². The maximum Gasteiger partial charge on any atom is 0.338 e. The van der Waals surface area contributed by atoms with Gasteiger partial charge in [0, 0.05) is 30.4 Å². The topological polar surface area (TPSA) is 53.4 Å². The molecule has 21 heavy (non-hydrogen) atoms. The fourth-order valence-corrected chi connectivity index (χ4v) is 1.89. The normalized spacial score (nSPS) is 9.95. The Morgan fingerprint density at radius 3 is 2.86 bits per heavy atom. The molecule has 0 fully saturated rings. The molecular formula is C16H16N2O3. The first-order chi connectivity index (χ1) is 10.2. The Hall–Kier alpha value is -2.74. The molecule has 1 heterocycles. The summed E-state index contributed by atoms with van der Waals surface area (Å²) in [6.45, 7) is 2.22. The van der Waals surface area contributed by atoms with E-state index >= 15 is 0 Å². The van der Waals surface area contributed by atoms with Gasteiger partial charge in [-0.3, -0.25) is 4.68 Å². The van der Waals surface area contributed by atoms with Crippen LogP contribution in [-0.4, -0.2) is 22.4 Å². The number of ether oxygens (including phenoxy) is 2. The zero-order chi connectivity index (χ0) is 15.2. The van der Waals surface area contributed by atoms with Crippen molar-refractivity contribution >= 4 is 5.97 Å². The van der Waals surface area contributed by atoms with E-state index in [9.17, 15) is 4.79 Å². The highest BCUT2D eigenvalue weighted by Gasteiger charge is 2.16. The van der Waals surface area contributed by atoms with E-state index in [4.69, 9.17) is 15.9 Å². The lowest BCUT2D eigenvalue weighted by Gasteiger charge is -2.11. The second-order valence-corrected chi connectivity index (χ2v) is 4.31. The number of terminal acetylenes is 1. The molecule has 0 atom stereocenters. The van der Waals surface area contributed by atoms with E-state index in [1.165, 1.54) is 0 Å². The van der Waals surface area contributed by atoms with Crippen LogP contribution in [0.3, 0.4) is 0 Å². The molecule has 2 aromatic rings. The van der Waals surface area contributed by atoms with Crippen LogP contribution >= 0.6 is 0 Å². The molecule has 5 nitrogen and oxygen atoms in total. The van der Waals surface area contributed by atoms with Crippen molar-refractivity contribution in [2.75, 3.05) is 6.61 Å². The highest BCUT2D eigenvalue weighted by Crippen LogP contribution is 2.18. The van der Waals surface area contributed by atoms with E-state index in [2.05, 4.69) is 11.0 Å². The number of hydrogen-bond donors (Lipinski definition) is 0. The highest BCUT2D eigenvalue weighted by molar-refractivity contribution is 5.91. The summed E-state index contributed by atoms with van der Waals surface area (Å²) in [6.07, 6.45) is 7.26. The quantitative estimate of drug-likeness (QED) is 0.623. The molecule has 1 aromatic carbocycles. The first-order valence-corrected chi connectivity index (χ1v) is 6.53. The van der Waals surface area contributed by atoms with Crippen molar-refractivity contribution in [1.29, 1.82) is 0 Å². The number of aryl methyl sites for hydroxylation is 1. The Balaban J connectivity index is 2.27. The van der Waals surface area contributed by atoms with Crippen LogP contribution in [0.4, 0.5) is 0 Å². The van der Waals surface area contributed by atoms with E-state index < -0.39 is 5.97 Å². The van der Waals surface area contributed by atoms with Gasteiger partial charge in [0.15, 0.2) is 0 Å². The van der Waals surface area contributed by atoms with Crippen molar-refractivity contribution in [3.05, 3.63) is 47.2 Å². The molecule has 0 bridgehead atoms. The molecule has 0 N–H and O–H groups in total. The maximum absolute atomic E-state index is 12.0. The Labute approximate surface area is 123 Å². The van der Waals surface area contributed by atoms with Crippen LogP contribution in [0.15, 0.2) is 30.5 Å². The minimum atomic E-state index is -0.408. The van der Waals surface area contributed by atoms with Crippen molar-refractivity contribution in [2.45, 2.75) is 13.5 Å². The Bertz CT molecular complexity index is 683. The zero-order valence-electron chi connectivity index (χ0n) is 12.0. The average molecular weight is 284 g/mol. The number of aromatic nitrogens is 2. The predicted molar refractivity (Wildman–Crippen MR) is 77.9 cm³/mol. The lowest BCUT2D eigenvalue weighted by Crippen LogP contribution is -2.11. The molecule has 5 heteroatoms. The summed E-state index contributed by atoms with van der Waals surface area (Å²) in [5.41, 5.74) is 1.66. The van der Waals surface area contributed by atoms with Crippen LogP contribution in [0.1, 0.15) is 28.4 Å². The van der Waals surface area contributed by atoms with Gasteiger partial charge in [-0.15, -0.1) is 11.5 Å². The van der Waals surface area contributed by atoms with E-state index in [1.54, 1.807) is 49.1 Å². The van der Waals surface area contributed by atoms with Gasteiger partial charge in [-0.2, -0.15) is 0 Å². The van der Waals surface area contributed by atoms with Crippen LogP contribution in [0, 0.1) is 12.3 Å². The minimum absolute atomic E-state index is 0.158. The lowest BCUT2D eigenvalue weighted by atomic mass is 10.0. The van der Waals surface area contributed by atoms with Gasteiger partial charge in [-0.25, -0.2) is 4.79 Å². The number of hydrogen-bond acceptors (Lipinski definition) is 4. The van der Waals surface area contributed by atoms with Crippen LogP contribution in [0.25, 0.3) is 0 Å². The van der Waals surface area contributed by atoms with E-state index in [1.807, 2.05) is 0 Å². The Morgan fingerprint density at radius 2 is 2.24 bits per heavy atom. The Morgan fingerprint density at radius 1 is 1.43 bits per heavy atom. The monoisotopic (exact) mass is 284 g/mol. The smallest absolute Gasteiger partial charge is 0.338 e. The SMILES string of the molecule is C#Cc1cccc(C(=O)OCC)c1COc1ccn(C)n1. The van der Waals surface area contributed by atoms with Gasteiger partial charge in [0.2, 0.25) is 5.88 Å². The molecule has 0 aliphatic carbocycles. The number of nitrogens with zero attached hydrogens (tertiary/aromatic N) is 2. The summed E-state index contributed by atoms with van der Waals surface area (Å²) in [4.78, 5) is 12.0. The Kier molecular flexibility index (Phi) is 4.62. The van der Waals surface area contributed by atoms with E-state index in [0.717, 1.165) is 0 Å². The molecule has 1 aromatic heterocycles. The number of esters is 1. The molecule has 0 aliphatic rings. The standard InChI is InChI=1S/C16H16N2O3/c1-4-12-7-6-8-13(16(19)20-5-2)14(12)11-21-15-9-10-18(3)17-15/h1,6-10H,5,11H2,2-3H3. The molecule has 0 spiro atoms. The third kappa shape index (κ3) is 3.42.